The van der Waals surface area contributed by atoms with Gasteiger partial charge in [-0.05, 0) is 30.2 Å². The number of anilines is 1. The van der Waals surface area contributed by atoms with Crippen molar-refractivity contribution in [3.8, 4) is 5.75 Å². The number of aromatic nitrogens is 1. The zero-order valence-electron chi connectivity index (χ0n) is 14.3. The molecule has 0 spiro atoms. The highest BCUT2D eigenvalue weighted by atomic mass is 16.6. The molecule has 1 fully saturated rings. The molecule has 0 N–H and O–H groups in total. The molecule has 0 aliphatic carbocycles. The second kappa shape index (κ2) is 7.94. The molecule has 2 heterocycles. The molecule has 1 aliphatic heterocycles. The second-order valence-corrected chi connectivity index (χ2v) is 6.10. The number of nitro groups is 1. The largest absolute Gasteiger partial charge is 0.497 e. The maximum atomic E-state index is 10.7. The monoisotopic (exact) mass is 342 g/mol. The Balaban J connectivity index is 1.58. The highest BCUT2D eigenvalue weighted by molar-refractivity contribution is 5.43. The van der Waals surface area contributed by atoms with Crippen molar-refractivity contribution < 1.29 is 9.66 Å². The number of methoxy groups -OCH3 is 1. The zero-order chi connectivity index (χ0) is 17.6. The van der Waals surface area contributed by atoms with Gasteiger partial charge in [-0.15, -0.1) is 0 Å². The summed E-state index contributed by atoms with van der Waals surface area (Å²) in [5.74, 6) is 1.67. The number of ether oxygens (including phenoxy) is 1. The third kappa shape index (κ3) is 4.45. The van der Waals surface area contributed by atoms with Crippen LogP contribution in [0.1, 0.15) is 12.0 Å². The Hall–Kier alpha value is -2.67. The lowest BCUT2D eigenvalue weighted by molar-refractivity contribution is -0.385. The van der Waals surface area contributed by atoms with E-state index >= 15 is 0 Å². The van der Waals surface area contributed by atoms with Gasteiger partial charge in [0.25, 0.3) is 5.69 Å². The first kappa shape index (κ1) is 17.2. The van der Waals surface area contributed by atoms with Crippen LogP contribution in [-0.2, 0) is 6.54 Å². The Labute approximate surface area is 147 Å². The van der Waals surface area contributed by atoms with Gasteiger partial charge in [-0.2, -0.15) is 0 Å². The summed E-state index contributed by atoms with van der Waals surface area (Å²) >= 11 is 0. The number of hydrogen-bond donors (Lipinski definition) is 0. The summed E-state index contributed by atoms with van der Waals surface area (Å²) in [5.41, 5.74) is 1.29. The van der Waals surface area contributed by atoms with Gasteiger partial charge >= 0.3 is 0 Å². The van der Waals surface area contributed by atoms with Crippen molar-refractivity contribution in [2.75, 3.05) is 38.2 Å². The smallest absolute Gasteiger partial charge is 0.287 e. The quantitative estimate of drug-likeness (QED) is 0.614. The van der Waals surface area contributed by atoms with Crippen LogP contribution in [0.3, 0.4) is 0 Å². The average molecular weight is 342 g/mol. The topological polar surface area (TPSA) is 71.7 Å². The van der Waals surface area contributed by atoms with Crippen molar-refractivity contribution in [1.29, 1.82) is 0 Å². The first-order valence-corrected chi connectivity index (χ1v) is 8.36. The first-order valence-electron chi connectivity index (χ1n) is 8.36. The van der Waals surface area contributed by atoms with Gasteiger partial charge in [0.2, 0.25) is 0 Å². The number of benzene rings is 1. The van der Waals surface area contributed by atoms with Crippen LogP contribution in [0.25, 0.3) is 0 Å². The summed E-state index contributed by atoms with van der Waals surface area (Å²) in [6, 6.07) is 11.4. The van der Waals surface area contributed by atoms with Crippen LogP contribution < -0.4 is 9.64 Å². The third-order valence-electron chi connectivity index (χ3n) is 4.42. The van der Waals surface area contributed by atoms with E-state index < -0.39 is 4.92 Å². The van der Waals surface area contributed by atoms with E-state index in [1.54, 1.807) is 13.2 Å². The van der Waals surface area contributed by atoms with Crippen molar-refractivity contribution >= 4 is 11.5 Å². The minimum atomic E-state index is -0.421. The average Bonchev–Trinajstić information content (AvgIpc) is 2.88. The van der Waals surface area contributed by atoms with E-state index in [-0.39, 0.29) is 5.69 Å². The Morgan fingerprint density at radius 2 is 1.92 bits per heavy atom. The van der Waals surface area contributed by atoms with Gasteiger partial charge in [0, 0.05) is 38.8 Å². The summed E-state index contributed by atoms with van der Waals surface area (Å²) in [7, 11) is 1.67. The fourth-order valence-electron chi connectivity index (χ4n) is 3.02. The molecule has 7 nitrogen and oxygen atoms in total. The Kier molecular flexibility index (Phi) is 5.45. The molecule has 0 atom stereocenters. The fourth-order valence-corrected chi connectivity index (χ4v) is 3.02. The summed E-state index contributed by atoms with van der Waals surface area (Å²) in [4.78, 5) is 19.2. The lowest BCUT2D eigenvalue weighted by atomic mass is 10.2. The number of pyridine rings is 1. The molecule has 0 amide bonds. The van der Waals surface area contributed by atoms with Crippen molar-refractivity contribution in [3.63, 3.8) is 0 Å². The molecule has 1 aliphatic rings. The standard InChI is InChI=1S/C18H22N4O3/c1-25-17-6-3-15(4-7-17)14-20-9-2-10-21(12-11-20)18-8-5-16(13-19-18)22(23)24/h3-8,13H,2,9-12,14H2,1H3. The minimum Gasteiger partial charge on any atom is -0.497 e. The molecular formula is C18H22N4O3. The molecule has 0 saturated carbocycles. The summed E-state index contributed by atoms with van der Waals surface area (Å²) in [6.45, 7) is 4.64. The molecule has 3 rings (SSSR count). The zero-order valence-corrected chi connectivity index (χ0v) is 14.3. The van der Waals surface area contributed by atoms with E-state index in [0.717, 1.165) is 50.7 Å². The molecular weight excluding hydrogens is 320 g/mol. The van der Waals surface area contributed by atoms with Crippen LogP contribution in [0, 0.1) is 10.1 Å². The van der Waals surface area contributed by atoms with Crippen LogP contribution in [0.15, 0.2) is 42.6 Å². The molecule has 1 saturated heterocycles. The lowest BCUT2D eigenvalue weighted by Crippen LogP contribution is -2.30. The van der Waals surface area contributed by atoms with E-state index in [1.807, 2.05) is 12.1 Å². The molecule has 1 aromatic heterocycles. The summed E-state index contributed by atoms with van der Waals surface area (Å²) < 4.78 is 5.20. The van der Waals surface area contributed by atoms with Gasteiger partial charge in [0.05, 0.1) is 12.0 Å². The van der Waals surface area contributed by atoms with Crippen LogP contribution in [-0.4, -0.2) is 48.1 Å². The lowest BCUT2D eigenvalue weighted by Gasteiger charge is -2.22. The second-order valence-electron chi connectivity index (χ2n) is 6.10. The van der Waals surface area contributed by atoms with Gasteiger partial charge in [0.15, 0.2) is 0 Å². The first-order chi connectivity index (χ1) is 12.2. The molecule has 25 heavy (non-hydrogen) atoms. The van der Waals surface area contributed by atoms with Crippen LogP contribution >= 0.6 is 0 Å². The Bertz CT molecular complexity index is 703. The molecule has 0 bridgehead atoms. The molecule has 0 unspecified atom stereocenters. The Morgan fingerprint density at radius 3 is 2.56 bits per heavy atom. The van der Waals surface area contributed by atoms with E-state index in [1.165, 1.54) is 17.8 Å². The van der Waals surface area contributed by atoms with Gasteiger partial charge < -0.3 is 9.64 Å². The molecule has 2 aromatic rings. The predicted molar refractivity (Wildman–Crippen MR) is 96.0 cm³/mol. The van der Waals surface area contributed by atoms with Crippen LogP contribution in [0.2, 0.25) is 0 Å². The van der Waals surface area contributed by atoms with E-state index in [0.29, 0.717) is 0 Å². The maximum Gasteiger partial charge on any atom is 0.287 e. The van der Waals surface area contributed by atoms with Crippen molar-refractivity contribution in [2.24, 2.45) is 0 Å². The number of hydrogen-bond acceptors (Lipinski definition) is 6. The van der Waals surface area contributed by atoms with Crippen LogP contribution in [0.5, 0.6) is 5.75 Å². The number of rotatable bonds is 5. The minimum absolute atomic E-state index is 0.0275. The predicted octanol–water partition coefficient (Wildman–Crippen LogP) is 2.71. The van der Waals surface area contributed by atoms with Crippen molar-refractivity contribution in [2.45, 2.75) is 13.0 Å². The third-order valence-corrected chi connectivity index (χ3v) is 4.42. The van der Waals surface area contributed by atoms with E-state index in [9.17, 15) is 10.1 Å². The van der Waals surface area contributed by atoms with Crippen molar-refractivity contribution in [1.82, 2.24) is 9.88 Å². The number of nitrogens with zero attached hydrogens (tertiary/aromatic N) is 4. The normalized spacial score (nSPS) is 15.6. The summed E-state index contributed by atoms with van der Waals surface area (Å²) in [5, 5.41) is 10.7. The SMILES string of the molecule is COc1ccc(CN2CCCN(c3ccc([N+](=O)[O-])cn3)CC2)cc1. The van der Waals surface area contributed by atoms with Gasteiger partial charge in [-0.25, -0.2) is 4.98 Å². The van der Waals surface area contributed by atoms with Gasteiger partial charge in [0.1, 0.15) is 17.8 Å². The fraction of sp³-hybridized carbons (Fsp3) is 0.389. The highest BCUT2D eigenvalue weighted by Crippen LogP contribution is 2.19. The summed E-state index contributed by atoms with van der Waals surface area (Å²) in [6.07, 6.45) is 2.37. The maximum absolute atomic E-state index is 10.7. The van der Waals surface area contributed by atoms with Gasteiger partial charge in [-0.1, -0.05) is 12.1 Å². The Morgan fingerprint density at radius 1 is 1.12 bits per heavy atom. The van der Waals surface area contributed by atoms with E-state index in [4.69, 9.17) is 4.74 Å². The molecule has 7 heteroatoms. The van der Waals surface area contributed by atoms with Gasteiger partial charge in [-0.3, -0.25) is 15.0 Å². The molecule has 1 aromatic carbocycles. The van der Waals surface area contributed by atoms with Crippen LogP contribution in [0.4, 0.5) is 11.5 Å². The van der Waals surface area contributed by atoms with Crippen molar-refractivity contribution in [3.05, 3.63) is 58.3 Å². The molecule has 0 radical (unpaired) electrons. The highest BCUT2D eigenvalue weighted by Gasteiger charge is 2.17. The van der Waals surface area contributed by atoms with E-state index in [2.05, 4.69) is 26.9 Å². The molecule has 132 valence electrons.